The highest BCUT2D eigenvalue weighted by molar-refractivity contribution is 7.91. The molecule has 1 aliphatic rings. The van der Waals surface area contributed by atoms with Crippen molar-refractivity contribution in [2.75, 3.05) is 6.54 Å². The molecular weight excluding hydrogens is 338 g/mol. The van der Waals surface area contributed by atoms with E-state index in [9.17, 15) is 13.2 Å². The van der Waals surface area contributed by atoms with Crippen molar-refractivity contribution >= 4 is 15.7 Å². The summed E-state index contributed by atoms with van der Waals surface area (Å²) in [5.74, 6) is 0.479. The van der Waals surface area contributed by atoms with Gasteiger partial charge in [0, 0.05) is 19.0 Å². The van der Waals surface area contributed by atoms with Crippen molar-refractivity contribution < 1.29 is 17.9 Å². The van der Waals surface area contributed by atoms with Gasteiger partial charge in [-0.1, -0.05) is 18.2 Å². The van der Waals surface area contributed by atoms with Gasteiger partial charge in [-0.2, -0.15) is 0 Å². The van der Waals surface area contributed by atoms with E-state index in [-0.39, 0.29) is 21.7 Å². The molecule has 1 amide bonds. The molecule has 2 aromatic rings. The van der Waals surface area contributed by atoms with Gasteiger partial charge in [0.25, 0.3) is 5.91 Å². The fourth-order valence-corrected chi connectivity index (χ4v) is 4.18. The molecule has 0 N–H and O–H groups in total. The van der Waals surface area contributed by atoms with Crippen LogP contribution in [0.4, 0.5) is 0 Å². The average molecular weight is 359 g/mol. The Balaban J connectivity index is 1.74. The number of hydrogen-bond donors (Lipinski definition) is 0. The first-order chi connectivity index (χ1) is 11.9. The largest absolute Gasteiger partial charge is 0.481 e. The van der Waals surface area contributed by atoms with Gasteiger partial charge in [0.05, 0.1) is 9.79 Å². The van der Waals surface area contributed by atoms with Crippen molar-refractivity contribution in [3.8, 4) is 5.75 Å². The van der Waals surface area contributed by atoms with Gasteiger partial charge in [-0.3, -0.25) is 4.79 Å². The third-order valence-corrected chi connectivity index (χ3v) is 6.07. The Morgan fingerprint density at radius 2 is 1.60 bits per heavy atom. The second-order valence-electron chi connectivity index (χ2n) is 6.31. The molecule has 3 rings (SSSR count). The molecule has 1 heterocycles. The van der Waals surface area contributed by atoms with Gasteiger partial charge in [0.2, 0.25) is 9.84 Å². The van der Waals surface area contributed by atoms with E-state index in [4.69, 9.17) is 4.74 Å². The minimum atomic E-state index is -3.54. The topological polar surface area (TPSA) is 63.7 Å². The Hall–Kier alpha value is -2.34. The Labute approximate surface area is 148 Å². The molecule has 0 saturated carbocycles. The summed E-state index contributed by atoms with van der Waals surface area (Å²) in [6.07, 6.45) is 0.139. The maximum Gasteiger partial charge on any atom is 0.263 e. The summed E-state index contributed by atoms with van der Waals surface area (Å²) in [4.78, 5) is 14.5. The van der Waals surface area contributed by atoms with Crippen molar-refractivity contribution in [1.82, 2.24) is 4.90 Å². The number of hydrogen-bond acceptors (Lipinski definition) is 4. The molecule has 0 radical (unpaired) electrons. The lowest BCUT2D eigenvalue weighted by Gasteiger charge is -2.21. The van der Waals surface area contributed by atoms with Crippen LogP contribution in [0.15, 0.2) is 64.4 Å². The number of benzene rings is 2. The van der Waals surface area contributed by atoms with Gasteiger partial charge in [-0.25, -0.2) is 8.42 Å². The van der Waals surface area contributed by atoms with Gasteiger partial charge < -0.3 is 9.64 Å². The van der Waals surface area contributed by atoms with Crippen molar-refractivity contribution in [2.45, 2.75) is 42.2 Å². The number of rotatable bonds is 5. The van der Waals surface area contributed by atoms with Crippen LogP contribution in [0.3, 0.4) is 0 Å². The minimum Gasteiger partial charge on any atom is -0.481 e. The van der Waals surface area contributed by atoms with Crippen LogP contribution in [0, 0.1) is 0 Å². The smallest absolute Gasteiger partial charge is 0.263 e. The van der Waals surface area contributed by atoms with Crippen LogP contribution in [0.25, 0.3) is 0 Å². The van der Waals surface area contributed by atoms with Crippen LogP contribution in [0.1, 0.15) is 20.3 Å². The first-order valence-corrected chi connectivity index (χ1v) is 9.75. The van der Waals surface area contributed by atoms with E-state index in [1.54, 1.807) is 47.4 Å². The summed E-state index contributed by atoms with van der Waals surface area (Å²) >= 11 is 0. The number of sulfone groups is 1. The van der Waals surface area contributed by atoms with E-state index in [0.717, 1.165) is 0 Å². The summed E-state index contributed by atoms with van der Waals surface area (Å²) in [7, 11) is -3.54. The van der Waals surface area contributed by atoms with Crippen LogP contribution in [-0.2, 0) is 14.6 Å². The molecular formula is C19H21NO4S. The van der Waals surface area contributed by atoms with E-state index in [1.165, 1.54) is 12.1 Å². The van der Waals surface area contributed by atoms with E-state index >= 15 is 0 Å². The summed E-state index contributed by atoms with van der Waals surface area (Å²) in [5, 5.41) is 0. The molecule has 0 aliphatic carbocycles. The van der Waals surface area contributed by atoms with E-state index in [1.807, 2.05) is 13.8 Å². The number of ether oxygens (including phenoxy) is 1. The van der Waals surface area contributed by atoms with Crippen LogP contribution in [-0.4, -0.2) is 37.9 Å². The Kier molecular flexibility index (Phi) is 4.81. The molecule has 0 unspecified atom stereocenters. The Morgan fingerprint density at radius 1 is 1.00 bits per heavy atom. The van der Waals surface area contributed by atoms with Crippen molar-refractivity contribution in [3.63, 3.8) is 0 Å². The number of amides is 1. The van der Waals surface area contributed by atoms with E-state index < -0.39 is 15.9 Å². The monoisotopic (exact) mass is 359 g/mol. The first kappa shape index (κ1) is 17.5. The Bertz CT molecular complexity index is 845. The third kappa shape index (κ3) is 3.54. The molecule has 0 bridgehead atoms. The van der Waals surface area contributed by atoms with E-state index in [0.29, 0.717) is 18.7 Å². The molecule has 2 aromatic carbocycles. The lowest BCUT2D eigenvalue weighted by Crippen LogP contribution is -2.36. The SMILES string of the molecule is CC(C)N1CC[C@H](Oc2ccc(S(=O)(=O)c3ccccc3)cc2)C1=O. The van der Waals surface area contributed by atoms with Crippen LogP contribution < -0.4 is 4.74 Å². The van der Waals surface area contributed by atoms with Gasteiger partial charge in [-0.15, -0.1) is 0 Å². The maximum absolute atomic E-state index is 12.6. The maximum atomic E-state index is 12.6. The molecule has 0 spiro atoms. The number of carbonyl (C=O) groups is 1. The van der Waals surface area contributed by atoms with Gasteiger partial charge in [0.15, 0.2) is 6.10 Å². The highest BCUT2D eigenvalue weighted by atomic mass is 32.2. The molecule has 6 heteroatoms. The summed E-state index contributed by atoms with van der Waals surface area (Å²) < 4.78 is 30.9. The van der Waals surface area contributed by atoms with Crippen LogP contribution in [0.5, 0.6) is 5.75 Å². The quantitative estimate of drug-likeness (QED) is 0.823. The average Bonchev–Trinajstić information content (AvgIpc) is 2.97. The molecule has 1 aliphatic heterocycles. The molecule has 132 valence electrons. The summed E-state index contributed by atoms with van der Waals surface area (Å²) in [6.45, 7) is 4.63. The molecule has 25 heavy (non-hydrogen) atoms. The van der Waals surface area contributed by atoms with Crippen molar-refractivity contribution in [2.24, 2.45) is 0 Å². The number of likely N-dealkylation sites (tertiary alicyclic amines) is 1. The Morgan fingerprint density at radius 3 is 2.16 bits per heavy atom. The fraction of sp³-hybridized carbons (Fsp3) is 0.316. The standard InChI is InChI=1S/C19H21NO4S/c1-14(2)20-13-12-18(19(20)21)24-15-8-10-17(11-9-15)25(22,23)16-6-4-3-5-7-16/h3-11,14,18H,12-13H2,1-2H3/t18-/m0/s1. The number of nitrogens with zero attached hydrogens (tertiary/aromatic N) is 1. The highest BCUT2D eigenvalue weighted by Gasteiger charge is 2.34. The summed E-state index contributed by atoms with van der Waals surface area (Å²) in [6, 6.07) is 14.7. The van der Waals surface area contributed by atoms with E-state index in [2.05, 4.69) is 0 Å². The zero-order valence-corrected chi connectivity index (χ0v) is 15.1. The third-order valence-electron chi connectivity index (χ3n) is 4.28. The normalized spacial score (nSPS) is 18.0. The van der Waals surface area contributed by atoms with Crippen LogP contribution in [0.2, 0.25) is 0 Å². The lowest BCUT2D eigenvalue weighted by atomic mass is 10.3. The minimum absolute atomic E-state index is 0.0176. The zero-order chi connectivity index (χ0) is 18.0. The molecule has 1 saturated heterocycles. The highest BCUT2D eigenvalue weighted by Crippen LogP contribution is 2.25. The summed E-state index contributed by atoms with van der Waals surface area (Å²) in [5.41, 5.74) is 0. The second kappa shape index (κ2) is 6.88. The molecule has 5 nitrogen and oxygen atoms in total. The predicted molar refractivity (Wildman–Crippen MR) is 94.2 cm³/mol. The second-order valence-corrected chi connectivity index (χ2v) is 8.26. The zero-order valence-electron chi connectivity index (χ0n) is 14.3. The number of carbonyl (C=O) groups excluding carboxylic acids is 1. The van der Waals surface area contributed by atoms with Crippen molar-refractivity contribution in [3.05, 3.63) is 54.6 Å². The molecule has 1 fully saturated rings. The van der Waals surface area contributed by atoms with Gasteiger partial charge >= 0.3 is 0 Å². The van der Waals surface area contributed by atoms with Gasteiger partial charge in [-0.05, 0) is 50.2 Å². The van der Waals surface area contributed by atoms with Crippen molar-refractivity contribution in [1.29, 1.82) is 0 Å². The van der Waals surface area contributed by atoms with Gasteiger partial charge in [0.1, 0.15) is 5.75 Å². The molecule has 1 atom stereocenters. The molecule has 0 aromatic heterocycles. The lowest BCUT2D eigenvalue weighted by molar-refractivity contribution is -0.134. The first-order valence-electron chi connectivity index (χ1n) is 8.27. The predicted octanol–water partition coefficient (Wildman–Crippen LogP) is 2.91. The fourth-order valence-electron chi connectivity index (χ4n) is 2.89. The van der Waals surface area contributed by atoms with Crippen LogP contribution >= 0.6 is 0 Å².